The minimum atomic E-state index is -0.338. The number of hydrogen-bond donors (Lipinski definition) is 1. The van der Waals surface area contributed by atoms with Crippen LogP contribution in [0.3, 0.4) is 0 Å². The van der Waals surface area contributed by atoms with E-state index in [2.05, 4.69) is 20.8 Å². The normalized spacial score (nSPS) is 18.5. The van der Waals surface area contributed by atoms with Gasteiger partial charge in [0.1, 0.15) is 0 Å². The second kappa shape index (κ2) is 7.96. The molecule has 128 valence electrons. The zero-order chi connectivity index (χ0) is 16.9. The first kappa shape index (κ1) is 17.2. The van der Waals surface area contributed by atoms with Gasteiger partial charge in [-0.2, -0.15) is 0 Å². The summed E-state index contributed by atoms with van der Waals surface area (Å²) < 4.78 is 7.31. The Balaban J connectivity index is 1.57. The molecular weight excluding hydrogens is 350 g/mol. The minimum Gasteiger partial charge on any atom is -0.376 e. The first-order chi connectivity index (χ1) is 11.6. The largest absolute Gasteiger partial charge is 0.376 e. The van der Waals surface area contributed by atoms with Crippen LogP contribution in [0.15, 0.2) is 29.4 Å². The Kier molecular flexibility index (Phi) is 5.70. The molecule has 2 aromatic rings. The van der Waals surface area contributed by atoms with E-state index in [1.807, 2.05) is 6.92 Å². The summed E-state index contributed by atoms with van der Waals surface area (Å²) in [6.07, 6.45) is 2.22. The smallest absolute Gasteiger partial charge is 0.237 e. The molecule has 2 heterocycles. The van der Waals surface area contributed by atoms with Crippen molar-refractivity contribution in [3.8, 4) is 0 Å². The van der Waals surface area contributed by atoms with Crippen LogP contribution in [0.2, 0.25) is 5.02 Å². The highest BCUT2D eigenvalue weighted by atomic mass is 35.5. The standard InChI is InChI=1S/C15H18ClN5O2S/c1-10(14(22)17-12-6-4-11(16)5-7-12)24-15-18-19-20-21(15)9-13-3-2-8-23-13/h4-7,10,13H,2-3,8-9H2,1H3,(H,17,22). The number of benzene rings is 1. The molecule has 2 atom stereocenters. The molecule has 1 N–H and O–H groups in total. The predicted octanol–water partition coefficient (Wildman–Crippen LogP) is 2.62. The van der Waals surface area contributed by atoms with Crippen LogP contribution in [0, 0.1) is 0 Å². The van der Waals surface area contributed by atoms with E-state index < -0.39 is 0 Å². The third kappa shape index (κ3) is 4.46. The molecule has 3 rings (SSSR count). The first-order valence-electron chi connectivity index (χ1n) is 7.72. The van der Waals surface area contributed by atoms with E-state index in [0.29, 0.717) is 22.4 Å². The Morgan fingerprint density at radius 2 is 2.29 bits per heavy atom. The molecule has 1 aliphatic rings. The number of nitrogens with one attached hydrogen (secondary N) is 1. The van der Waals surface area contributed by atoms with Gasteiger partial charge in [0.15, 0.2) is 0 Å². The van der Waals surface area contributed by atoms with Crippen LogP contribution in [-0.4, -0.2) is 44.1 Å². The number of ether oxygens (including phenoxy) is 1. The number of anilines is 1. The van der Waals surface area contributed by atoms with Crippen LogP contribution < -0.4 is 5.32 Å². The Morgan fingerprint density at radius 3 is 3.00 bits per heavy atom. The van der Waals surface area contributed by atoms with E-state index >= 15 is 0 Å². The fraction of sp³-hybridized carbons (Fsp3) is 0.467. The lowest BCUT2D eigenvalue weighted by atomic mass is 10.2. The summed E-state index contributed by atoms with van der Waals surface area (Å²) in [6.45, 7) is 3.22. The molecule has 2 unspecified atom stereocenters. The maximum atomic E-state index is 12.3. The Bertz CT molecular complexity index is 687. The van der Waals surface area contributed by atoms with Gasteiger partial charge in [-0.1, -0.05) is 23.4 Å². The van der Waals surface area contributed by atoms with Gasteiger partial charge in [-0.05, 0) is 54.5 Å². The summed E-state index contributed by atoms with van der Waals surface area (Å²) in [5.74, 6) is -0.117. The molecule has 1 aliphatic heterocycles. The molecule has 7 nitrogen and oxygen atoms in total. The number of thioether (sulfide) groups is 1. The Labute approximate surface area is 149 Å². The quantitative estimate of drug-likeness (QED) is 0.790. The van der Waals surface area contributed by atoms with Crippen LogP contribution >= 0.6 is 23.4 Å². The molecule has 1 aromatic carbocycles. The van der Waals surface area contributed by atoms with E-state index in [9.17, 15) is 4.79 Å². The number of halogens is 1. The second-order valence-electron chi connectivity index (χ2n) is 5.53. The summed E-state index contributed by atoms with van der Waals surface area (Å²) in [5, 5.41) is 15.5. The van der Waals surface area contributed by atoms with Crippen molar-refractivity contribution in [2.75, 3.05) is 11.9 Å². The highest BCUT2D eigenvalue weighted by Gasteiger charge is 2.22. The third-order valence-corrected chi connectivity index (χ3v) is 4.99. The first-order valence-corrected chi connectivity index (χ1v) is 8.98. The van der Waals surface area contributed by atoms with Crippen LogP contribution in [0.4, 0.5) is 5.69 Å². The molecular formula is C15H18ClN5O2S. The van der Waals surface area contributed by atoms with E-state index in [0.717, 1.165) is 19.4 Å². The summed E-state index contributed by atoms with van der Waals surface area (Å²) in [6, 6.07) is 6.99. The van der Waals surface area contributed by atoms with Crippen molar-refractivity contribution < 1.29 is 9.53 Å². The second-order valence-corrected chi connectivity index (χ2v) is 7.28. The third-order valence-electron chi connectivity index (χ3n) is 3.66. The monoisotopic (exact) mass is 367 g/mol. The van der Waals surface area contributed by atoms with Crippen molar-refractivity contribution in [1.29, 1.82) is 0 Å². The van der Waals surface area contributed by atoms with Crippen molar-refractivity contribution in [3.05, 3.63) is 29.3 Å². The van der Waals surface area contributed by atoms with Gasteiger partial charge in [-0.15, -0.1) is 5.10 Å². The van der Waals surface area contributed by atoms with Crippen molar-refractivity contribution in [3.63, 3.8) is 0 Å². The molecule has 0 spiro atoms. The number of tetrazole rings is 1. The highest BCUT2D eigenvalue weighted by Crippen LogP contribution is 2.23. The maximum absolute atomic E-state index is 12.3. The van der Waals surface area contributed by atoms with E-state index in [1.165, 1.54) is 11.8 Å². The number of aromatic nitrogens is 4. The van der Waals surface area contributed by atoms with Crippen LogP contribution in [-0.2, 0) is 16.1 Å². The molecule has 24 heavy (non-hydrogen) atoms. The number of carbonyl (C=O) groups is 1. The van der Waals surface area contributed by atoms with Gasteiger partial charge in [0.2, 0.25) is 11.1 Å². The molecule has 0 aliphatic carbocycles. The zero-order valence-corrected chi connectivity index (χ0v) is 14.8. The van der Waals surface area contributed by atoms with Gasteiger partial charge in [0, 0.05) is 17.3 Å². The van der Waals surface area contributed by atoms with E-state index in [4.69, 9.17) is 16.3 Å². The van der Waals surface area contributed by atoms with E-state index in [1.54, 1.807) is 28.9 Å². The molecule has 1 aromatic heterocycles. The lowest BCUT2D eigenvalue weighted by molar-refractivity contribution is -0.115. The van der Waals surface area contributed by atoms with Crippen LogP contribution in [0.1, 0.15) is 19.8 Å². The Morgan fingerprint density at radius 1 is 1.50 bits per heavy atom. The maximum Gasteiger partial charge on any atom is 0.237 e. The van der Waals surface area contributed by atoms with Gasteiger partial charge < -0.3 is 10.1 Å². The number of rotatable bonds is 6. The lowest BCUT2D eigenvalue weighted by Crippen LogP contribution is -2.23. The molecule has 9 heteroatoms. The molecule has 0 bridgehead atoms. The molecule has 0 radical (unpaired) electrons. The zero-order valence-electron chi connectivity index (χ0n) is 13.2. The van der Waals surface area contributed by atoms with Gasteiger partial charge in [0.25, 0.3) is 0 Å². The average Bonchev–Trinajstić information content (AvgIpc) is 3.22. The average molecular weight is 368 g/mol. The molecule has 0 saturated carbocycles. The fourth-order valence-corrected chi connectivity index (χ4v) is 3.29. The van der Waals surface area contributed by atoms with Crippen molar-refractivity contribution in [2.24, 2.45) is 0 Å². The topological polar surface area (TPSA) is 81.9 Å². The van der Waals surface area contributed by atoms with Gasteiger partial charge in [-0.25, -0.2) is 4.68 Å². The number of amides is 1. The fourth-order valence-electron chi connectivity index (χ4n) is 2.37. The number of hydrogen-bond acceptors (Lipinski definition) is 6. The van der Waals surface area contributed by atoms with Gasteiger partial charge in [0.05, 0.1) is 17.9 Å². The summed E-state index contributed by atoms with van der Waals surface area (Å²) >= 11 is 7.16. The lowest BCUT2D eigenvalue weighted by Gasteiger charge is -2.13. The van der Waals surface area contributed by atoms with Crippen molar-refractivity contribution >= 4 is 35.0 Å². The summed E-state index contributed by atoms with van der Waals surface area (Å²) in [7, 11) is 0. The minimum absolute atomic E-state index is 0.117. The van der Waals surface area contributed by atoms with Crippen molar-refractivity contribution in [1.82, 2.24) is 20.2 Å². The predicted molar refractivity (Wildman–Crippen MR) is 92.2 cm³/mol. The van der Waals surface area contributed by atoms with E-state index in [-0.39, 0.29) is 17.3 Å². The summed E-state index contributed by atoms with van der Waals surface area (Å²) in [5.41, 5.74) is 0.704. The molecule has 1 fully saturated rings. The van der Waals surface area contributed by atoms with Crippen LogP contribution in [0.25, 0.3) is 0 Å². The molecule has 1 amide bonds. The number of carbonyl (C=O) groups excluding carboxylic acids is 1. The van der Waals surface area contributed by atoms with Gasteiger partial charge in [-0.3, -0.25) is 4.79 Å². The summed E-state index contributed by atoms with van der Waals surface area (Å²) in [4.78, 5) is 12.3. The Hall–Kier alpha value is -1.64. The van der Waals surface area contributed by atoms with Gasteiger partial charge >= 0.3 is 0 Å². The number of nitrogens with zero attached hydrogens (tertiary/aromatic N) is 4. The SMILES string of the molecule is CC(Sc1nnnn1CC1CCCO1)C(=O)Nc1ccc(Cl)cc1. The van der Waals surface area contributed by atoms with Crippen LogP contribution in [0.5, 0.6) is 0 Å². The highest BCUT2D eigenvalue weighted by molar-refractivity contribution is 8.00. The molecule has 1 saturated heterocycles. The van der Waals surface area contributed by atoms with Crippen molar-refractivity contribution in [2.45, 2.75) is 42.8 Å².